The minimum atomic E-state index is -1.38. The normalized spacial score (nSPS) is 17.9. The van der Waals surface area contributed by atoms with Gasteiger partial charge in [0.2, 0.25) is 0 Å². The first-order valence-electron chi connectivity index (χ1n) is 12.5. The van der Waals surface area contributed by atoms with Crippen molar-refractivity contribution in [3.05, 3.63) is 50.3 Å². The number of halogens is 2. The average molecular weight is 700 g/mol. The number of oxime groups is 1. The van der Waals surface area contributed by atoms with Gasteiger partial charge in [0.15, 0.2) is 34.7 Å². The SMILES string of the molecule is CC(=O)OCC1=C(C(=O)O)N2C(=O)C(NC(=O)/C(=N\OCc3cc(-c4cc(Cl)c(O)c(O)c4Cl)no3)c3csc(N)n3)C2SC1. The lowest BCUT2D eigenvalue weighted by Gasteiger charge is -2.49. The summed E-state index contributed by atoms with van der Waals surface area (Å²) in [5.74, 6) is -4.50. The summed E-state index contributed by atoms with van der Waals surface area (Å²) < 4.78 is 10.1. The maximum absolute atomic E-state index is 13.3. The number of nitrogens with one attached hydrogen (secondary N) is 1. The molecule has 0 aliphatic carbocycles. The van der Waals surface area contributed by atoms with Crippen LogP contribution in [0.5, 0.6) is 11.5 Å². The second-order valence-corrected chi connectivity index (χ2v) is 12.1. The second kappa shape index (κ2) is 12.8. The summed E-state index contributed by atoms with van der Waals surface area (Å²) >= 11 is 14.2. The lowest BCUT2D eigenvalue weighted by molar-refractivity contribution is -0.150. The Morgan fingerprint density at radius 2 is 2.00 bits per heavy atom. The van der Waals surface area contributed by atoms with Gasteiger partial charge in [0.25, 0.3) is 11.8 Å². The Hall–Kier alpha value is -4.52. The summed E-state index contributed by atoms with van der Waals surface area (Å²) in [6, 6.07) is 1.57. The van der Waals surface area contributed by atoms with Crippen LogP contribution in [0, 0.1) is 0 Å². The van der Waals surface area contributed by atoms with Crippen molar-refractivity contribution in [1.29, 1.82) is 0 Å². The number of carbonyl (C=O) groups excluding carboxylic acids is 3. The number of esters is 1. The minimum Gasteiger partial charge on any atom is -0.503 e. The van der Waals surface area contributed by atoms with E-state index in [9.17, 15) is 34.5 Å². The van der Waals surface area contributed by atoms with E-state index in [4.69, 9.17) is 43.0 Å². The number of aliphatic carboxylic acids is 1. The van der Waals surface area contributed by atoms with Crippen molar-refractivity contribution in [1.82, 2.24) is 20.4 Å². The molecule has 0 bridgehead atoms. The first kappa shape index (κ1) is 31.9. The number of thioether (sulfide) groups is 1. The molecule has 0 radical (unpaired) electrons. The Morgan fingerprint density at radius 1 is 1.24 bits per heavy atom. The van der Waals surface area contributed by atoms with Crippen LogP contribution >= 0.6 is 46.3 Å². The van der Waals surface area contributed by atoms with Crippen LogP contribution in [0.3, 0.4) is 0 Å². The van der Waals surface area contributed by atoms with Crippen molar-refractivity contribution in [2.45, 2.75) is 24.9 Å². The van der Waals surface area contributed by atoms with Crippen molar-refractivity contribution >= 4 is 80.9 Å². The molecule has 2 aliphatic heterocycles. The number of aromatic nitrogens is 2. The summed E-state index contributed by atoms with van der Waals surface area (Å²) in [4.78, 5) is 59.9. The van der Waals surface area contributed by atoms with E-state index in [1.54, 1.807) is 0 Å². The molecule has 4 heterocycles. The molecule has 0 spiro atoms. The number of hydrogen-bond acceptors (Lipinski definition) is 15. The molecule has 16 nitrogen and oxygen atoms in total. The van der Waals surface area contributed by atoms with Gasteiger partial charge in [-0.25, -0.2) is 9.78 Å². The molecular weight excluding hydrogens is 679 g/mol. The van der Waals surface area contributed by atoms with E-state index in [-0.39, 0.29) is 73.8 Å². The van der Waals surface area contributed by atoms with E-state index in [0.717, 1.165) is 16.2 Å². The van der Waals surface area contributed by atoms with E-state index in [1.165, 1.54) is 36.2 Å². The summed E-state index contributed by atoms with van der Waals surface area (Å²) in [5, 5.41) is 40.2. The van der Waals surface area contributed by atoms with Gasteiger partial charge < -0.3 is 40.5 Å². The lowest BCUT2D eigenvalue weighted by Crippen LogP contribution is -2.71. The zero-order valence-electron chi connectivity index (χ0n) is 22.6. The fraction of sp³-hybridized carbons (Fsp3) is 0.240. The highest BCUT2D eigenvalue weighted by molar-refractivity contribution is 8.00. The predicted molar refractivity (Wildman–Crippen MR) is 159 cm³/mol. The van der Waals surface area contributed by atoms with Gasteiger partial charge in [0, 0.05) is 35.3 Å². The number of hydrogen-bond donors (Lipinski definition) is 5. The zero-order chi connectivity index (χ0) is 32.6. The Labute approximate surface area is 270 Å². The number of phenolic OH excluding ortho intramolecular Hbond substituents is 2. The molecule has 6 N–H and O–H groups in total. The third kappa shape index (κ3) is 6.35. The van der Waals surface area contributed by atoms with E-state index >= 15 is 0 Å². The largest absolute Gasteiger partial charge is 0.503 e. The Balaban J connectivity index is 1.31. The molecule has 0 saturated carbocycles. The van der Waals surface area contributed by atoms with Crippen LogP contribution in [-0.2, 0) is 35.4 Å². The number of nitrogens with zero attached hydrogens (tertiary/aromatic N) is 4. The summed E-state index contributed by atoms with van der Waals surface area (Å²) in [5.41, 5.74) is 5.68. The van der Waals surface area contributed by atoms with Crippen molar-refractivity contribution in [3.8, 4) is 22.8 Å². The molecular formula is C25H20Cl2N6O10S2. The average Bonchev–Trinajstić information content (AvgIpc) is 3.65. The van der Waals surface area contributed by atoms with Crippen LogP contribution in [0.25, 0.3) is 11.3 Å². The number of carbonyl (C=O) groups is 4. The number of nitrogens with two attached hydrogens (primary N) is 1. The predicted octanol–water partition coefficient (Wildman–Crippen LogP) is 2.32. The summed E-state index contributed by atoms with van der Waals surface area (Å²) in [6.45, 7) is 0.547. The number of ether oxygens (including phenoxy) is 1. The number of carboxylic acids is 1. The summed E-state index contributed by atoms with van der Waals surface area (Å²) in [7, 11) is 0. The molecule has 2 unspecified atom stereocenters. The maximum atomic E-state index is 13.3. The number of fused-ring (bicyclic) bond motifs is 1. The van der Waals surface area contributed by atoms with Gasteiger partial charge in [-0.3, -0.25) is 19.3 Å². The van der Waals surface area contributed by atoms with Gasteiger partial charge in [-0.05, 0) is 6.07 Å². The lowest BCUT2D eigenvalue weighted by atomic mass is 10.0. The van der Waals surface area contributed by atoms with Crippen molar-refractivity contribution in [2.24, 2.45) is 5.16 Å². The van der Waals surface area contributed by atoms with Gasteiger partial charge in [0.05, 0.1) is 10.0 Å². The van der Waals surface area contributed by atoms with Crippen LogP contribution < -0.4 is 11.1 Å². The van der Waals surface area contributed by atoms with Crippen molar-refractivity contribution in [2.75, 3.05) is 18.1 Å². The first-order chi connectivity index (χ1) is 21.4. The van der Waals surface area contributed by atoms with Gasteiger partial charge in [-0.15, -0.1) is 23.1 Å². The number of benzene rings is 1. The van der Waals surface area contributed by atoms with Gasteiger partial charge in [-0.1, -0.05) is 33.5 Å². The number of phenols is 2. The zero-order valence-corrected chi connectivity index (χ0v) is 25.8. The third-order valence-corrected chi connectivity index (χ3v) is 9.01. The van der Waals surface area contributed by atoms with E-state index in [0.29, 0.717) is 0 Å². The van der Waals surface area contributed by atoms with E-state index in [1.807, 2.05) is 0 Å². The molecule has 2 atom stereocenters. The monoisotopic (exact) mass is 698 g/mol. The number of β-lactam (4-membered cyclic amide) rings is 1. The molecule has 236 valence electrons. The Morgan fingerprint density at radius 3 is 2.67 bits per heavy atom. The van der Waals surface area contributed by atoms with Crippen molar-refractivity contribution in [3.63, 3.8) is 0 Å². The molecule has 3 aromatic rings. The van der Waals surface area contributed by atoms with E-state index < -0.39 is 46.7 Å². The number of aromatic hydroxyl groups is 2. The molecule has 20 heteroatoms. The number of anilines is 1. The van der Waals surface area contributed by atoms with Crippen LogP contribution in [0.15, 0.2) is 38.5 Å². The second-order valence-electron chi connectivity index (χ2n) is 9.28. The standard InChI is InChI=1S/C25H20Cl2N6O10S2/c1-8(34)41-4-9-6-44-23-17(22(38)33(23)18(9)24(39)40)30-21(37)16(14-7-45-25(28)29-14)32-42-5-10-2-13(31-43-10)11-3-12(26)19(35)20(36)15(11)27/h2-3,7,17,23,35-36H,4-6H2,1H3,(H2,28,29)(H,30,37)(H,39,40)/b32-16-. The van der Waals surface area contributed by atoms with Gasteiger partial charge in [0.1, 0.15) is 35.1 Å². The first-order valence-corrected chi connectivity index (χ1v) is 15.2. The van der Waals surface area contributed by atoms with Crippen LogP contribution in [0.1, 0.15) is 18.4 Å². The minimum absolute atomic E-state index is 0.0453. The molecule has 45 heavy (non-hydrogen) atoms. The molecule has 2 aromatic heterocycles. The summed E-state index contributed by atoms with van der Waals surface area (Å²) in [6.07, 6.45) is 0. The highest BCUT2D eigenvalue weighted by Gasteiger charge is 2.54. The molecule has 2 amide bonds. The number of carboxylic acid groups (broad SMARTS) is 1. The quantitative estimate of drug-likeness (QED) is 0.0671. The molecule has 5 rings (SSSR count). The highest BCUT2D eigenvalue weighted by atomic mass is 35.5. The van der Waals surface area contributed by atoms with Crippen molar-refractivity contribution < 1.29 is 48.6 Å². The van der Waals surface area contributed by atoms with Gasteiger partial charge in [-0.2, -0.15) is 0 Å². The topological polar surface area (TPSA) is 240 Å². The Kier molecular flexibility index (Phi) is 9.10. The van der Waals surface area contributed by atoms with Crippen LogP contribution in [0.2, 0.25) is 10.0 Å². The molecule has 1 saturated heterocycles. The molecule has 1 aromatic carbocycles. The van der Waals surface area contributed by atoms with Crippen LogP contribution in [0.4, 0.5) is 5.13 Å². The van der Waals surface area contributed by atoms with E-state index in [2.05, 4.69) is 20.6 Å². The fourth-order valence-electron chi connectivity index (χ4n) is 4.25. The Bertz CT molecular complexity index is 1790. The number of nitrogen functional groups attached to an aromatic ring is 1. The fourth-order valence-corrected chi connectivity index (χ4v) is 6.57. The highest BCUT2D eigenvalue weighted by Crippen LogP contribution is 2.45. The maximum Gasteiger partial charge on any atom is 0.352 e. The number of thiazole rings is 1. The number of rotatable bonds is 10. The smallest absolute Gasteiger partial charge is 0.352 e. The third-order valence-electron chi connectivity index (χ3n) is 6.33. The van der Waals surface area contributed by atoms with Gasteiger partial charge >= 0.3 is 11.9 Å². The molecule has 1 fully saturated rings. The number of amides is 2. The molecule has 2 aliphatic rings. The van der Waals surface area contributed by atoms with Crippen LogP contribution in [-0.4, -0.2) is 83.6 Å².